The third-order valence-electron chi connectivity index (χ3n) is 3.14. The maximum Gasteiger partial charge on any atom is 0.0700 e. The van der Waals surface area contributed by atoms with Crippen molar-refractivity contribution in [1.82, 2.24) is 5.32 Å². The first-order valence-electron chi connectivity index (χ1n) is 5.77. The molecule has 1 aromatic rings. The predicted octanol–water partition coefficient (Wildman–Crippen LogP) is 2.92. The van der Waals surface area contributed by atoms with Crippen LogP contribution in [0.1, 0.15) is 24.5 Å². The van der Waals surface area contributed by atoms with E-state index in [4.69, 9.17) is 16.3 Å². The Kier molecular flexibility index (Phi) is 3.85. The van der Waals surface area contributed by atoms with Crippen LogP contribution >= 0.6 is 11.6 Å². The maximum absolute atomic E-state index is 6.18. The van der Waals surface area contributed by atoms with Gasteiger partial charge in [0, 0.05) is 24.2 Å². The smallest absolute Gasteiger partial charge is 0.0700 e. The molecule has 3 heteroatoms. The molecule has 0 aromatic heterocycles. The van der Waals surface area contributed by atoms with Crippen molar-refractivity contribution in [2.75, 3.05) is 6.61 Å². The number of halogens is 1. The highest BCUT2D eigenvalue weighted by atomic mass is 35.5. The van der Waals surface area contributed by atoms with E-state index in [0.29, 0.717) is 12.1 Å². The van der Waals surface area contributed by atoms with Gasteiger partial charge in [-0.05, 0) is 37.5 Å². The Bertz CT molecular complexity index is 367. The number of ether oxygens (including phenoxy) is 1. The van der Waals surface area contributed by atoms with Gasteiger partial charge in [-0.15, -0.1) is 0 Å². The molecule has 1 fully saturated rings. The molecule has 88 valence electrons. The molecule has 1 aliphatic rings. The van der Waals surface area contributed by atoms with Gasteiger partial charge in [-0.3, -0.25) is 0 Å². The van der Waals surface area contributed by atoms with Crippen LogP contribution in [0.3, 0.4) is 0 Å². The van der Waals surface area contributed by atoms with Gasteiger partial charge in [0.15, 0.2) is 0 Å². The van der Waals surface area contributed by atoms with E-state index in [1.54, 1.807) is 0 Å². The van der Waals surface area contributed by atoms with Crippen LogP contribution in [0, 0.1) is 6.92 Å². The summed E-state index contributed by atoms with van der Waals surface area (Å²) in [6.45, 7) is 5.84. The fraction of sp³-hybridized carbons (Fsp3) is 0.538. The van der Waals surface area contributed by atoms with Gasteiger partial charge in [-0.25, -0.2) is 0 Å². The molecular weight excluding hydrogens is 222 g/mol. The number of hydrogen-bond acceptors (Lipinski definition) is 2. The van der Waals surface area contributed by atoms with Gasteiger partial charge in [-0.1, -0.05) is 23.7 Å². The topological polar surface area (TPSA) is 21.3 Å². The summed E-state index contributed by atoms with van der Waals surface area (Å²) in [5.74, 6) is 0. The summed E-state index contributed by atoms with van der Waals surface area (Å²) in [5.41, 5.74) is 2.36. The lowest BCUT2D eigenvalue weighted by molar-refractivity contribution is 0.113. The summed E-state index contributed by atoms with van der Waals surface area (Å²) in [6.07, 6.45) is 1.40. The minimum Gasteiger partial charge on any atom is -0.377 e. The average molecular weight is 240 g/mol. The summed E-state index contributed by atoms with van der Waals surface area (Å²) >= 11 is 6.18. The lowest BCUT2D eigenvalue weighted by Gasteiger charge is -2.16. The molecule has 16 heavy (non-hydrogen) atoms. The minimum absolute atomic E-state index is 0.309. The molecule has 1 saturated heterocycles. The highest BCUT2D eigenvalue weighted by Gasteiger charge is 2.23. The van der Waals surface area contributed by atoms with Crippen LogP contribution in [-0.2, 0) is 11.3 Å². The molecule has 2 rings (SSSR count). The Morgan fingerprint density at radius 1 is 1.50 bits per heavy atom. The van der Waals surface area contributed by atoms with Gasteiger partial charge >= 0.3 is 0 Å². The monoisotopic (exact) mass is 239 g/mol. The highest BCUT2D eigenvalue weighted by molar-refractivity contribution is 6.31. The van der Waals surface area contributed by atoms with E-state index in [0.717, 1.165) is 30.2 Å². The van der Waals surface area contributed by atoms with Gasteiger partial charge in [0.25, 0.3) is 0 Å². The summed E-state index contributed by atoms with van der Waals surface area (Å²) in [4.78, 5) is 0. The number of nitrogens with one attached hydrogen (secondary N) is 1. The Balaban J connectivity index is 1.94. The van der Waals surface area contributed by atoms with E-state index in [9.17, 15) is 0 Å². The summed E-state index contributed by atoms with van der Waals surface area (Å²) in [5, 5.41) is 4.34. The standard InChI is InChI=1S/C13H18ClNO/c1-9-3-4-11(12(14)7-9)8-15-13-5-6-16-10(13)2/h3-4,7,10,13,15H,5-6,8H2,1-2H3. The Labute approximate surface area is 102 Å². The van der Waals surface area contributed by atoms with Crippen molar-refractivity contribution >= 4 is 11.6 Å². The molecule has 1 heterocycles. The van der Waals surface area contributed by atoms with E-state index < -0.39 is 0 Å². The number of aryl methyl sites for hydroxylation is 1. The van der Waals surface area contributed by atoms with E-state index in [2.05, 4.69) is 31.3 Å². The van der Waals surface area contributed by atoms with Crippen molar-refractivity contribution in [2.24, 2.45) is 0 Å². The van der Waals surface area contributed by atoms with Crippen LogP contribution in [0.2, 0.25) is 5.02 Å². The second-order valence-corrected chi connectivity index (χ2v) is 4.85. The molecule has 0 radical (unpaired) electrons. The van der Waals surface area contributed by atoms with E-state index in [1.807, 2.05) is 6.07 Å². The van der Waals surface area contributed by atoms with Crippen molar-refractivity contribution in [3.8, 4) is 0 Å². The van der Waals surface area contributed by atoms with Crippen molar-refractivity contribution in [2.45, 2.75) is 39.0 Å². The SMILES string of the molecule is Cc1ccc(CNC2CCOC2C)c(Cl)c1. The van der Waals surface area contributed by atoms with Gasteiger partial charge < -0.3 is 10.1 Å². The van der Waals surface area contributed by atoms with Crippen LogP contribution in [0.4, 0.5) is 0 Å². The number of hydrogen-bond donors (Lipinski definition) is 1. The van der Waals surface area contributed by atoms with E-state index >= 15 is 0 Å². The molecule has 0 saturated carbocycles. The number of rotatable bonds is 3. The largest absolute Gasteiger partial charge is 0.377 e. The minimum atomic E-state index is 0.309. The van der Waals surface area contributed by atoms with Crippen LogP contribution in [0.25, 0.3) is 0 Å². The van der Waals surface area contributed by atoms with Crippen LogP contribution in [0.15, 0.2) is 18.2 Å². The lowest BCUT2D eigenvalue weighted by atomic mass is 10.1. The quantitative estimate of drug-likeness (QED) is 0.876. The predicted molar refractivity (Wildman–Crippen MR) is 66.8 cm³/mol. The fourth-order valence-corrected chi connectivity index (χ4v) is 2.34. The fourth-order valence-electron chi connectivity index (χ4n) is 2.04. The molecule has 2 unspecified atom stereocenters. The van der Waals surface area contributed by atoms with Crippen molar-refractivity contribution in [3.63, 3.8) is 0 Å². The van der Waals surface area contributed by atoms with Crippen molar-refractivity contribution in [3.05, 3.63) is 34.3 Å². The second-order valence-electron chi connectivity index (χ2n) is 4.45. The third kappa shape index (κ3) is 2.76. The molecule has 0 aliphatic carbocycles. The molecule has 1 aromatic carbocycles. The second kappa shape index (κ2) is 5.17. The van der Waals surface area contributed by atoms with E-state index in [-0.39, 0.29) is 0 Å². The molecule has 1 aliphatic heterocycles. The zero-order valence-corrected chi connectivity index (χ0v) is 10.6. The molecule has 2 atom stereocenters. The zero-order valence-electron chi connectivity index (χ0n) is 9.79. The average Bonchev–Trinajstić information content (AvgIpc) is 2.63. The van der Waals surface area contributed by atoms with Crippen molar-refractivity contribution < 1.29 is 4.74 Å². The van der Waals surface area contributed by atoms with Gasteiger partial charge in [0.1, 0.15) is 0 Å². The van der Waals surface area contributed by atoms with Crippen LogP contribution in [0.5, 0.6) is 0 Å². The summed E-state index contributed by atoms with van der Waals surface area (Å²) < 4.78 is 5.51. The third-order valence-corrected chi connectivity index (χ3v) is 3.49. The lowest BCUT2D eigenvalue weighted by Crippen LogP contribution is -2.34. The Morgan fingerprint density at radius 3 is 2.94 bits per heavy atom. The molecular formula is C13H18ClNO. The normalized spacial score (nSPS) is 24.9. The molecule has 1 N–H and O–H groups in total. The maximum atomic E-state index is 6.18. The van der Waals surface area contributed by atoms with Crippen LogP contribution in [-0.4, -0.2) is 18.8 Å². The molecule has 0 bridgehead atoms. The first-order chi connectivity index (χ1) is 7.66. The first kappa shape index (κ1) is 11.9. The first-order valence-corrected chi connectivity index (χ1v) is 6.14. The van der Waals surface area contributed by atoms with Gasteiger partial charge in [0.2, 0.25) is 0 Å². The molecule has 0 spiro atoms. The van der Waals surface area contributed by atoms with Gasteiger partial charge in [0.05, 0.1) is 6.10 Å². The Morgan fingerprint density at radius 2 is 2.31 bits per heavy atom. The molecule has 0 amide bonds. The van der Waals surface area contributed by atoms with Crippen LogP contribution < -0.4 is 5.32 Å². The van der Waals surface area contributed by atoms with Gasteiger partial charge in [-0.2, -0.15) is 0 Å². The number of benzene rings is 1. The van der Waals surface area contributed by atoms with E-state index in [1.165, 1.54) is 5.56 Å². The Hall–Kier alpha value is -0.570. The molecule has 2 nitrogen and oxygen atoms in total. The summed E-state index contributed by atoms with van der Waals surface area (Å²) in [7, 11) is 0. The van der Waals surface area contributed by atoms with Crippen molar-refractivity contribution in [1.29, 1.82) is 0 Å². The zero-order chi connectivity index (χ0) is 11.5. The highest BCUT2D eigenvalue weighted by Crippen LogP contribution is 2.19. The summed E-state index contributed by atoms with van der Waals surface area (Å²) in [6, 6.07) is 6.65.